The average Bonchev–Trinajstić information content (AvgIpc) is 2.26. The number of carboxylic acid groups (broad SMARTS) is 1. The van der Waals surface area contributed by atoms with E-state index in [4.69, 9.17) is 15.9 Å². The van der Waals surface area contributed by atoms with E-state index in [-0.39, 0.29) is 29.9 Å². The van der Waals surface area contributed by atoms with Crippen molar-refractivity contribution >= 4 is 11.7 Å². The smallest absolute Gasteiger partial charge is 0.401 e. The van der Waals surface area contributed by atoms with Crippen LogP contribution >= 0.6 is 0 Å². The Hall–Kier alpha value is -1.80. The van der Waals surface area contributed by atoms with E-state index >= 15 is 0 Å². The summed E-state index contributed by atoms with van der Waals surface area (Å²) in [6, 6.07) is 4.25. The van der Waals surface area contributed by atoms with Crippen molar-refractivity contribution in [1.82, 2.24) is 4.90 Å². The molecule has 0 radical (unpaired) electrons. The lowest BCUT2D eigenvalue weighted by Gasteiger charge is -2.23. The Morgan fingerprint density at radius 3 is 2.50 bits per heavy atom. The zero-order valence-electron chi connectivity index (χ0n) is 10.5. The van der Waals surface area contributed by atoms with Crippen LogP contribution < -0.4 is 5.73 Å². The van der Waals surface area contributed by atoms with Crippen molar-refractivity contribution in [3.8, 4) is 0 Å². The number of alkyl halides is 3. The van der Waals surface area contributed by atoms with Gasteiger partial charge < -0.3 is 15.9 Å². The van der Waals surface area contributed by atoms with Crippen LogP contribution in [0, 0.1) is 0 Å². The highest BCUT2D eigenvalue weighted by Crippen LogP contribution is 2.22. The number of rotatable bonds is 6. The number of nitrogen functional groups attached to an aromatic ring is 1. The van der Waals surface area contributed by atoms with Crippen LogP contribution in [0.5, 0.6) is 0 Å². The van der Waals surface area contributed by atoms with Crippen molar-refractivity contribution in [2.75, 3.05) is 25.4 Å². The normalized spacial score (nSPS) is 11.8. The van der Waals surface area contributed by atoms with Crippen molar-refractivity contribution in [3.63, 3.8) is 0 Å². The van der Waals surface area contributed by atoms with Crippen LogP contribution in [0.4, 0.5) is 18.9 Å². The second kappa shape index (κ2) is 6.58. The zero-order valence-corrected chi connectivity index (χ0v) is 10.5. The molecule has 5 nitrogen and oxygen atoms in total. The second-order valence-electron chi connectivity index (χ2n) is 4.24. The minimum Gasteiger partial charge on any atom is -0.478 e. The Morgan fingerprint density at radius 1 is 1.35 bits per heavy atom. The van der Waals surface area contributed by atoms with E-state index < -0.39 is 25.3 Å². The topological polar surface area (TPSA) is 86.8 Å². The molecule has 0 saturated carbocycles. The molecule has 0 unspecified atom stereocenters. The molecule has 0 heterocycles. The third kappa shape index (κ3) is 4.71. The highest BCUT2D eigenvalue weighted by molar-refractivity contribution is 5.95. The Morgan fingerprint density at radius 2 is 2.00 bits per heavy atom. The average molecular weight is 292 g/mol. The molecule has 0 aliphatic carbocycles. The standard InChI is InChI=1S/C12H15F3N2O3/c13-12(14,15)7-17(4-5-18)6-8-2-1-3-9(16)10(8)11(19)20/h1-3,18H,4-7,16H2,(H,19,20). The molecule has 1 aromatic carbocycles. The molecule has 0 aromatic heterocycles. The van der Waals surface area contributed by atoms with E-state index in [1.165, 1.54) is 18.2 Å². The van der Waals surface area contributed by atoms with Gasteiger partial charge in [-0.1, -0.05) is 12.1 Å². The van der Waals surface area contributed by atoms with Gasteiger partial charge in [0.2, 0.25) is 0 Å². The summed E-state index contributed by atoms with van der Waals surface area (Å²) in [5, 5.41) is 17.8. The van der Waals surface area contributed by atoms with Gasteiger partial charge in [0.25, 0.3) is 0 Å². The van der Waals surface area contributed by atoms with Crippen molar-refractivity contribution in [3.05, 3.63) is 29.3 Å². The molecule has 20 heavy (non-hydrogen) atoms. The summed E-state index contributed by atoms with van der Waals surface area (Å²) < 4.78 is 37.2. The molecule has 4 N–H and O–H groups in total. The first-order valence-electron chi connectivity index (χ1n) is 5.75. The van der Waals surface area contributed by atoms with Gasteiger partial charge >= 0.3 is 12.1 Å². The Labute approximate surface area is 113 Å². The summed E-state index contributed by atoms with van der Waals surface area (Å²) in [4.78, 5) is 12.0. The fraction of sp³-hybridized carbons (Fsp3) is 0.417. The fourth-order valence-corrected chi connectivity index (χ4v) is 1.86. The number of carboxylic acids is 1. The number of nitrogens with two attached hydrogens (primary N) is 1. The number of halogens is 3. The number of benzene rings is 1. The van der Waals surface area contributed by atoms with Crippen LogP contribution in [-0.2, 0) is 6.54 Å². The number of anilines is 1. The molecule has 8 heteroatoms. The van der Waals surface area contributed by atoms with E-state index in [0.717, 1.165) is 4.90 Å². The van der Waals surface area contributed by atoms with Crippen LogP contribution in [0.3, 0.4) is 0 Å². The maximum absolute atomic E-state index is 12.4. The van der Waals surface area contributed by atoms with Crippen molar-refractivity contribution in [1.29, 1.82) is 0 Å². The van der Waals surface area contributed by atoms with E-state index in [1.54, 1.807) is 0 Å². The van der Waals surface area contributed by atoms with Gasteiger partial charge in [-0.05, 0) is 11.6 Å². The van der Waals surface area contributed by atoms with E-state index in [0.29, 0.717) is 0 Å². The van der Waals surface area contributed by atoms with E-state index in [1.807, 2.05) is 0 Å². The summed E-state index contributed by atoms with van der Waals surface area (Å²) in [6.07, 6.45) is -4.43. The first kappa shape index (κ1) is 16.3. The molecule has 0 aliphatic rings. The number of carbonyl (C=O) groups is 1. The summed E-state index contributed by atoms with van der Waals surface area (Å²) in [5.41, 5.74) is 5.49. The number of aromatic carboxylic acids is 1. The molecule has 112 valence electrons. The van der Waals surface area contributed by atoms with Gasteiger partial charge in [-0.15, -0.1) is 0 Å². The molecule has 0 atom stereocenters. The molecular formula is C12H15F3N2O3. The monoisotopic (exact) mass is 292 g/mol. The fourth-order valence-electron chi connectivity index (χ4n) is 1.86. The molecule has 0 fully saturated rings. The highest BCUT2D eigenvalue weighted by Gasteiger charge is 2.31. The lowest BCUT2D eigenvalue weighted by atomic mass is 10.0. The number of aliphatic hydroxyl groups is 1. The molecular weight excluding hydrogens is 277 g/mol. The first-order chi connectivity index (χ1) is 9.24. The highest BCUT2D eigenvalue weighted by atomic mass is 19.4. The first-order valence-corrected chi connectivity index (χ1v) is 5.75. The third-order valence-corrected chi connectivity index (χ3v) is 2.61. The molecule has 0 saturated heterocycles. The number of hydrogen-bond donors (Lipinski definition) is 3. The Bertz CT molecular complexity index is 478. The van der Waals surface area contributed by atoms with Crippen LogP contribution in [0.15, 0.2) is 18.2 Å². The Balaban J connectivity index is 2.99. The van der Waals surface area contributed by atoms with Gasteiger partial charge in [-0.25, -0.2) is 4.79 Å². The van der Waals surface area contributed by atoms with Gasteiger partial charge in [0.05, 0.1) is 18.7 Å². The maximum Gasteiger partial charge on any atom is 0.401 e. The van der Waals surface area contributed by atoms with Crippen molar-refractivity contribution in [2.45, 2.75) is 12.7 Å². The lowest BCUT2D eigenvalue weighted by Crippen LogP contribution is -2.36. The lowest BCUT2D eigenvalue weighted by molar-refractivity contribution is -0.147. The SMILES string of the molecule is Nc1cccc(CN(CCO)CC(F)(F)F)c1C(=O)O. The minimum atomic E-state index is -4.43. The summed E-state index contributed by atoms with van der Waals surface area (Å²) >= 11 is 0. The van der Waals surface area contributed by atoms with Gasteiger partial charge in [0.1, 0.15) is 0 Å². The second-order valence-corrected chi connectivity index (χ2v) is 4.24. The van der Waals surface area contributed by atoms with Crippen LogP contribution in [-0.4, -0.2) is 47.0 Å². The van der Waals surface area contributed by atoms with E-state index in [2.05, 4.69) is 0 Å². The van der Waals surface area contributed by atoms with E-state index in [9.17, 15) is 18.0 Å². The largest absolute Gasteiger partial charge is 0.478 e. The number of nitrogens with zero attached hydrogens (tertiary/aromatic N) is 1. The molecule has 1 aromatic rings. The van der Waals surface area contributed by atoms with Crippen molar-refractivity contribution < 1.29 is 28.2 Å². The molecule has 0 bridgehead atoms. The summed E-state index contributed by atoms with van der Waals surface area (Å²) in [6.45, 7) is -2.16. The predicted octanol–water partition coefficient (Wildman–Crippen LogP) is 1.32. The van der Waals surface area contributed by atoms with Gasteiger partial charge in [0.15, 0.2) is 0 Å². The quantitative estimate of drug-likeness (QED) is 0.688. The van der Waals surface area contributed by atoms with Gasteiger partial charge in [-0.3, -0.25) is 4.90 Å². The molecule has 0 amide bonds. The summed E-state index contributed by atoms with van der Waals surface area (Å²) in [5.74, 6) is -1.30. The van der Waals surface area contributed by atoms with Gasteiger partial charge in [-0.2, -0.15) is 13.2 Å². The van der Waals surface area contributed by atoms with Crippen LogP contribution in [0.1, 0.15) is 15.9 Å². The molecule has 0 aliphatic heterocycles. The Kier molecular flexibility index (Phi) is 5.34. The zero-order chi connectivity index (χ0) is 15.3. The molecule has 1 rings (SSSR count). The van der Waals surface area contributed by atoms with Gasteiger partial charge in [0, 0.05) is 18.8 Å². The van der Waals surface area contributed by atoms with Crippen LogP contribution in [0.2, 0.25) is 0 Å². The molecule has 0 spiro atoms. The minimum absolute atomic E-state index is 0.00837. The maximum atomic E-state index is 12.4. The summed E-state index contributed by atoms with van der Waals surface area (Å²) in [7, 11) is 0. The van der Waals surface area contributed by atoms with Crippen LogP contribution in [0.25, 0.3) is 0 Å². The van der Waals surface area contributed by atoms with Crippen molar-refractivity contribution in [2.24, 2.45) is 0 Å². The number of aliphatic hydroxyl groups excluding tert-OH is 1. The number of hydrogen-bond acceptors (Lipinski definition) is 4. The predicted molar refractivity (Wildman–Crippen MR) is 66.2 cm³/mol. The third-order valence-electron chi connectivity index (χ3n) is 2.61.